The molecule has 1 aromatic carbocycles. The van der Waals surface area contributed by atoms with Crippen molar-refractivity contribution in [2.75, 3.05) is 12.4 Å². The maximum absolute atomic E-state index is 13.0. The van der Waals surface area contributed by atoms with E-state index in [1.807, 2.05) is 0 Å². The Hall–Kier alpha value is -1.36. The zero-order valence-corrected chi connectivity index (χ0v) is 9.62. The van der Waals surface area contributed by atoms with E-state index in [0.29, 0.717) is 5.69 Å². The Morgan fingerprint density at radius 1 is 1.47 bits per heavy atom. The molecule has 0 aliphatic rings. The van der Waals surface area contributed by atoms with Crippen molar-refractivity contribution >= 4 is 21.7 Å². The second-order valence-corrected chi connectivity index (χ2v) is 3.85. The molecule has 0 aliphatic heterocycles. The third-order valence-electron chi connectivity index (χ3n) is 1.98. The highest BCUT2D eigenvalue weighted by atomic mass is 79.9. The van der Waals surface area contributed by atoms with Gasteiger partial charge in [-0.2, -0.15) is 0 Å². The normalized spacial score (nSPS) is 10.3. The van der Waals surface area contributed by atoms with Gasteiger partial charge in [-0.15, -0.1) is 5.10 Å². The fourth-order valence-electron chi connectivity index (χ4n) is 1.27. The van der Waals surface area contributed by atoms with Crippen molar-refractivity contribution in [3.8, 4) is 5.69 Å². The smallest absolute Gasteiger partial charge is 0.162 e. The molecule has 0 saturated carbocycles. The van der Waals surface area contributed by atoms with E-state index in [-0.39, 0.29) is 5.82 Å². The second kappa shape index (κ2) is 4.02. The van der Waals surface area contributed by atoms with Gasteiger partial charge in [0.25, 0.3) is 0 Å². The van der Waals surface area contributed by atoms with Gasteiger partial charge in [0, 0.05) is 13.2 Å². The molecule has 2 aromatic rings. The summed E-state index contributed by atoms with van der Waals surface area (Å²) in [5.74, 6) is 0.449. The van der Waals surface area contributed by atoms with E-state index in [1.165, 1.54) is 12.1 Å². The molecule has 0 atom stereocenters. The van der Waals surface area contributed by atoms with Gasteiger partial charge < -0.3 is 5.32 Å². The summed E-state index contributed by atoms with van der Waals surface area (Å²) >= 11 is 3.35. The molecular weight excluding hydrogens is 261 g/mol. The number of aromatic nitrogens is 2. The van der Waals surface area contributed by atoms with Gasteiger partial charge in [-0.1, -0.05) is 6.07 Å². The minimum absolute atomic E-state index is 0.273. The first kappa shape index (κ1) is 10.2. The summed E-state index contributed by atoms with van der Waals surface area (Å²) in [6.07, 6.45) is 1.78. The summed E-state index contributed by atoms with van der Waals surface area (Å²) in [4.78, 5) is 0. The number of hydrogen-bond acceptors (Lipinski definition) is 2. The summed E-state index contributed by atoms with van der Waals surface area (Å²) in [5, 5.41) is 7.16. The molecule has 0 fully saturated rings. The molecule has 3 nitrogen and oxygen atoms in total. The number of benzene rings is 1. The average Bonchev–Trinajstić information content (AvgIpc) is 2.60. The maximum atomic E-state index is 13.0. The topological polar surface area (TPSA) is 29.9 Å². The van der Waals surface area contributed by atoms with Crippen LogP contribution in [0.5, 0.6) is 0 Å². The first-order chi connectivity index (χ1) is 7.20. The molecule has 0 radical (unpaired) electrons. The second-order valence-electron chi connectivity index (χ2n) is 3.00. The van der Waals surface area contributed by atoms with Crippen LogP contribution in [-0.4, -0.2) is 16.8 Å². The monoisotopic (exact) mass is 269 g/mol. The van der Waals surface area contributed by atoms with Crippen molar-refractivity contribution in [2.24, 2.45) is 0 Å². The Bertz CT molecular complexity index is 481. The van der Waals surface area contributed by atoms with Crippen LogP contribution in [0.2, 0.25) is 0 Å². The highest BCUT2D eigenvalue weighted by Crippen LogP contribution is 2.21. The summed E-state index contributed by atoms with van der Waals surface area (Å²) in [6, 6.07) is 6.28. The fraction of sp³-hybridized carbons (Fsp3) is 0.100. The zero-order chi connectivity index (χ0) is 10.8. The van der Waals surface area contributed by atoms with Gasteiger partial charge in [0.1, 0.15) is 5.82 Å². The predicted octanol–water partition coefficient (Wildman–Crippen LogP) is 2.82. The van der Waals surface area contributed by atoms with Crippen LogP contribution in [-0.2, 0) is 0 Å². The number of nitrogens with one attached hydrogen (secondary N) is 1. The Morgan fingerprint density at radius 3 is 2.87 bits per heavy atom. The van der Waals surface area contributed by atoms with Gasteiger partial charge in [-0.3, -0.25) is 0 Å². The van der Waals surface area contributed by atoms with E-state index in [1.54, 1.807) is 30.1 Å². The highest BCUT2D eigenvalue weighted by Gasteiger charge is 2.06. The molecule has 0 spiro atoms. The first-order valence-electron chi connectivity index (χ1n) is 4.39. The van der Waals surface area contributed by atoms with Crippen LogP contribution in [0.4, 0.5) is 10.2 Å². The summed E-state index contributed by atoms with van der Waals surface area (Å²) in [6.45, 7) is 0. The molecule has 0 unspecified atom stereocenters. The number of hydrogen-bond donors (Lipinski definition) is 1. The van der Waals surface area contributed by atoms with E-state index in [2.05, 4.69) is 26.3 Å². The van der Waals surface area contributed by atoms with Crippen LogP contribution in [0.3, 0.4) is 0 Å². The summed E-state index contributed by atoms with van der Waals surface area (Å²) in [5.41, 5.74) is 0.692. The van der Waals surface area contributed by atoms with Crippen molar-refractivity contribution in [2.45, 2.75) is 0 Å². The summed E-state index contributed by atoms with van der Waals surface area (Å²) < 4.78 is 15.4. The van der Waals surface area contributed by atoms with Crippen molar-refractivity contribution in [1.29, 1.82) is 0 Å². The Kier molecular flexibility index (Phi) is 2.73. The molecule has 0 bridgehead atoms. The summed E-state index contributed by atoms with van der Waals surface area (Å²) in [7, 11) is 1.78. The molecule has 1 N–H and O–H groups in total. The Balaban J connectivity index is 2.45. The molecule has 0 saturated heterocycles. The molecule has 78 valence electrons. The Labute approximate surface area is 95.0 Å². The van der Waals surface area contributed by atoms with Gasteiger partial charge in [0.05, 0.1) is 10.2 Å². The minimum atomic E-state index is -0.273. The van der Waals surface area contributed by atoms with Crippen LogP contribution in [0.15, 0.2) is 34.9 Å². The van der Waals surface area contributed by atoms with Crippen molar-refractivity contribution < 1.29 is 4.39 Å². The van der Waals surface area contributed by atoms with E-state index in [0.717, 1.165) is 10.3 Å². The van der Waals surface area contributed by atoms with E-state index < -0.39 is 0 Å². The lowest BCUT2D eigenvalue weighted by Crippen LogP contribution is -1.96. The van der Waals surface area contributed by atoms with E-state index in [4.69, 9.17) is 0 Å². The van der Waals surface area contributed by atoms with Gasteiger partial charge in [-0.25, -0.2) is 9.07 Å². The largest absolute Gasteiger partial charge is 0.371 e. The highest BCUT2D eigenvalue weighted by molar-refractivity contribution is 9.10. The first-order valence-corrected chi connectivity index (χ1v) is 5.19. The molecule has 0 aliphatic carbocycles. The Morgan fingerprint density at radius 2 is 2.27 bits per heavy atom. The van der Waals surface area contributed by atoms with Crippen LogP contribution in [0.1, 0.15) is 0 Å². The van der Waals surface area contributed by atoms with Crippen LogP contribution in [0, 0.1) is 5.82 Å². The average molecular weight is 270 g/mol. The van der Waals surface area contributed by atoms with Gasteiger partial charge in [0.15, 0.2) is 5.82 Å². The molecule has 1 aromatic heterocycles. The SMILES string of the molecule is CNc1nn(-c2cccc(F)c2)cc1Br. The molecule has 0 amide bonds. The number of rotatable bonds is 2. The lowest BCUT2D eigenvalue weighted by atomic mass is 10.3. The molecule has 1 heterocycles. The third-order valence-corrected chi connectivity index (χ3v) is 2.56. The molecule has 2 rings (SSSR count). The standard InChI is InChI=1S/C10H9BrFN3/c1-13-10-9(11)6-15(14-10)8-4-2-3-7(12)5-8/h2-6H,1H3,(H,13,14). The predicted molar refractivity (Wildman–Crippen MR) is 60.8 cm³/mol. The van der Waals surface area contributed by atoms with E-state index >= 15 is 0 Å². The molecular formula is C10H9BrFN3. The van der Waals surface area contributed by atoms with E-state index in [9.17, 15) is 4.39 Å². The van der Waals surface area contributed by atoms with Crippen molar-refractivity contribution in [3.05, 3.63) is 40.8 Å². The maximum Gasteiger partial charge on any atom is 0.162 e. The lowest BCUT2D eigenvalue weighted by molar-refractivity contribution is 0.625. The number of nitrogens with zero attached hydrogens (tertiary/aromatic N) is 2. The van der Waals surface area contributed by atoms with Crippen molar-refractivity contribution in [1.82, 2.24) is 9.78 Å². The number of halogens is 2. The fourth-order valence-corrected chi connectivity index (χ4v) is 1.74. The van der Waals surface area contributed by atoms with Gasteiger partial charge in [-0.05, 0) is 34.1 Å². The van der Waals surface area contributed by atoms with Gasteiger partial charge >= 0.3 is 0 Å². The lowest BCUT2D eigenvalue weighted by Gasteiger charge is -2.00. The van der Waals surface area contributed by atoms with Crippen LogP contribution >= 0.6 is 15.9 Å². The number of anilines is 1. The molecule has 5 heteroatoms. The molecule has 15 heavy (non-hydrogen) atoms. The van der Waals surface area contributed by atoms with Crippen LogP contribution < -0.4 is 5.32 Å². The minimum Gasteiger partial charge on any atom is -0.371 e. The zero-order valence-electron chi connectivity index (χ0n) is 8.04. The van der Waals surface area contributed by atoms with Gasteiger partial charge in [0.2, 0.25) is 0 Å². The quantitative estimate of drug-likeness (QED) is 0.909. The van der Waals surface area contributed by atoms with Crippen LogP contribution in [0.25, 0.3) is 5.69 Å². The third kappa shape index (κ3) is 2.02. The van der Waals surface area contributed by atoms with Crippen molar-refractivity contribution in [3.63, 3.8) is 0 Å².